The second kappa shape index (κ2) is 10.8. The van der Waals surface area contributed by atoms with Crippen LogP contribution in [0.3, 0.4) is 0 Å². The third kappa shape index (κ3) is 4.66. The van der Waals surface area contributed by atoms with Crippen molar-refractivity contribution < 1.29 is 19.5 Å². The lowest BCUT2D eigenvalue weighted by molar-refractivity contribution is -0.139. The lowest BCUT2D eigenvalue weighted by atomic mass is 9.78. The zero-order chi connectivity index (χ0) is 26.7. The Morgan fingerprint density at radius 2 is 1.86 bits per heavy atom. The van der Waals surface area contributed by atoms with Gasteiger partial charge < -0.3 is 10.8 Å². The molecular weight excluding hydrogens is 488 g/mol. The van der Waals surface area contributed by atoms with Gasteiger partial charge in [0.2, 0.25) is 0 Å². The van der Waals surface area contributed by atoms with Crippen molar-refractivity contribution in [3.63, 3.8) is 0 Å². The first-order chi connectivity index (χ1) is 17.8. The van der Waals surface area contributed by atoms with Gasteiger partial charge in [0.25, 0.3) is 5.91 Å². The highest BCUT2D eigenvalue weighted by atomic mass is 32.1. The standard InChI is InChI=1S/C28H30N4O4S/c1-17-9-8-12-19(15-23(33)34)28(17,30-2)32-22-14-7-6-13-20(22)24(18-10-4-3-5-11-18)31-25(27(32)36)26(35)21(29)16-37/h3-14,19,21,25,30,37H,15-16,29H2,1-2H3,(H,33,34). The maximum Gasteiger partial charge on any atom is 0.304 e. The summed E-state index contributed by atoms with van der Waals surface area (Å²) in [5.74, 6) is -2.74. The van der Waals surface area contributed by atoms with Crippen molar-refractivity contribution in [3.8, 4) is 0 Å². The van der Waals surface area contributed by atoms with E-state index in [1.807, 2.05) is 55.5 Å². The molecule has 192 valence electrons. The Morgan fingerprint density at radius 1 is 1.19 bits per heavy atom. The maximum atomic E-state index is 14.5. The third-order valence-electron chi connectivity index (χ3n) is 6.95. The molecule has 0 spiro atoms. The number of fused-ring (bicyclic) bond motifs is 1. The Bertz CT molecular complexity index is 1310. The minimum Gasteiger partial charge on any atom is -0.481 e. The van der Waals surface area contributed by atoms with Crippen molar-refractivity contribution >= 4 is 41.7 Å². The average molecular weight is 519 g/mol. The summed E-state index contributed by atoms with van der Waals surface area (Å²) < 4.78 is 0. The molecule has 0 radical (unpaired) electrons. The van der Waals surface area contributed by atoms with E-state index in [9.17, 15) is 19.5 Å². The summed E-state index contributed by atoms with van der Waals surface area (Å²) >= 11 is 4.18. The Hall–Kier alpha value is -3.53. The van der Waals surface area contributed by atoms with E-state index in [1.165, 1.54) is 4.90 Å². The van der Waals surface area contributed by atoms with Crippen LogP contribution in [0, 0.1) is 5.92 Å². The topological polar surface area (TPSA) is 125 Å². The van der Waals surface area contributed by atoms with E-state index in [1.54, 1.807) is 31.3 Å². The number of carbonyl (C=O) groups excluding carboxylic acids is 2. The van der Waals surface area contributed by atoms with Crippen molar-refractivity contribution in [2.75, 3.05) is 17.7 Å². The first kappa shape index (κ1) is 26.5. The van der Waals surface area contributed by atoms with Gasteiger partial charge >= 0.3 is 5.97 Å². The lowest BCUT2D eigenvalue weighted by Crippen LogP contribution is -2.68. The molecule has 2 aliphatic rings. The lowest BCUT2D eigenvalue weighted by Gasteiger charge is -2.50. The largest absolute Gasteiger partial charge is 0.481 e. The summed E-state index contributed by atoms with van der Waals surface area (Å²) in [7, 11) is 1.68. The van der Waals surface area contributed by atoms with Crippen LogP contribution < -0.4 is 16.0 Å². The summed E-state index contributed by atoms with van der Waals surface area (Å²) in [5.41, 5.74) is 7.89. The van der Waals surface area contributed by atoms with Gasteiger partial charge in [0.05, 0.1) is 23.9 Å². The second-order valence-electron chi connectivity index (χ2n) is 9.08. The van der Waals surface area contributed by atoms with Gasteiger partial charge in [-0.3, -0.25) is 29.6 Å². The number of nitrogens with two attached hydrogens (primary N) is 1. The minimum atomic E-state index is -1.45. The number of allylic oxidation sites excluding steroid dienone is 2. The van der Waals surface area contributed by atoms with E-state index < -0.39 is 41.3 Å². The highest BCUT2D eigenvalue weighted by Crippen LogP contribution is 2.42. The molecule has 1 aliphatic heterocycles. The number of nitrogens with zero attached hydrogens (tertiary/aromatic N) is 2. The van der Waals surface area contributed by atoms with Crippen molar-refractivity contribution in [1.29, 1.82) is 0 Å². The van der Waals surface area contributed by atoms with Crippen LogP contribution in [-0.4, -0.2) is 59.0 Å². The van der Waals surface area contributed by atoms with E-state index in [4.69, 9.17) is 10.7 Å². The Balaban J connectivity index is 2.04. The number of carboxylic acids is 1. The molecule has 37 heavy (non-hydrogen) atoms. The van der Waals surface area contributed by atoms with Gasteiger partial charge in [0, 0.05) is 22.8 Å². The van der Waals surface area contributed by atoms with Crippen molar-refractivity contribution in [3.05, 3.63) is 89.5 Å². The van der Waals surface area contributed by atoms with Gasteiger partial charge in [0.15, 0.2) is 11.8 Å². The predicted molar refractivity (Wildman–Crippen MR) is 147 cm³/mol. The number of ketones is 1. The summed E-state index contributed by atoms with van der Waals surface area (Å²) in [4.78, 5) is 46.1. The molecule has 0 saturated carbocycles. The molecule has 4 N–H and O–H groups in total. The molecule has 0 fully saturated rings. The molecule has 1 aliphatic carbocycles. The number of anilines is 1. The van der Waals surface area contributed by atoms with Gasteiger partial charge in [-0.1, -0.05) is 66.8 Å². The van der Waals surface area contributed by atoms with Crippen LogP contribution in [0.4, 0.5) is 5.69 Å². The number of carboxylic acid groups (broad SMARTS) is 1. The molecule has 4 rings (SSSR count). The van der Waals surface area contributed by atoms with Gasteiger partial charge in [-0.25, -0.2) is 0 Å². The quantitative estimate of drug-likeness (QED) is 0.315. The van der Waals surface area contributed by atoms with Crippen LogP contribution in [0.5, 0.6) is 0 Å². The van der Waals surface area contributed by atoms with Crippen LogP contribution in [0.25, 0.3) is 0 Å². The SMILES string of the molecule is CNC1(N2C(=O)C(C(=O)C(N)CS)N=C(c3ccccc3)c3ccccc32)C(C)=CC=CC1CC(=O)O. The number of carbonyl (C=O) groups is 3. The number of hydrogen-bond donors (Lipinski definition) is 4. The number of amides is 1. The number of hydrogen-bond acceptors (Lipinski definition) is 7. The number of aliphatic imine (C=N–C) groups is 1. The number of nitrogens with one attached hydrogen (secondary N) is 1. The fourth-order valence-corrected chi connectivity index (χ4v) is 5.34. The third-order valence-corrected chi connectivity index (χ3v) is 7.34. The smallest absolute Gasteiger partial charge is 0.304 e. The fraction of sp³-hybridized carbons (Fsp3) is 0.286. The normalized spacial score (nSPS) is 24.0. The Kier molecular flexibility index (Phi) is 7.77. The molecule has 0 aromatic heterocycles. The van der Waals surface area contributed by atoms with Gasteiger partial charge in [0.1, 0.15) is 5.66 Å². The van der Waals surface area contributed by atoms with Crippen LogP contribution in [-0.2, 0) is 14.4 Å². The van der Waals surface area contributed by atoms with Crippen LogP contribution in [0.15, 0.2) is 83.4 Å². The van der Waals surface area contributed by atoms with Crippen LogP contribution in [0.2, 0.25) is 0 Å². The van der Waals surface area contributed by atoms with E-state index in [0.29, 0.717) is 17.0 Å². The molecule has 4 unspecified atom stereocenters. The molecule has 8 nitrogen and oxygen atoms in total. The summed E-state index contributed by atoms with van der Waals surface area (Å²) in [6, 6.07) is 14.1. The van der Waals surface area contributed by atoms with Crippen LogP contribution in [0.1, 0.15) is 24.5 Å². The number of likely N-dealkylation sites (N-methyl/N-ethyl adjacent to an activating group) is 1. The fourth-order valence-electron chi connectivity index (χ4n) is 5.16. The number of benzodiazepines with no additional fused rings is 1. The number of benzene rings is 2. The molecule has 1 amide bonds. The molecule has 1 heterocycles. The van der Waals surface area contributed by atoms with Gasteiger partial charge in [-0.2, -0.15) is 12.6 Å². The molecule has 9 heteroatoms. The van der Waals surface area contributed by atoms with E-state index in [-0.39, 0.29) is 12.2 Å². The van der Waals surface area contributed by atoms with E-state index in [2.05, 4.69) is 17.9 Å². The van der Waals surface area contributed by atoms with E-state index in [0.717, 1.165) is 11.1 Å². The number of aliphatic carboxylic acids is 1. The first-order valence-corrected chi connectivity index (χ1v) is 12.6. The second-order valence-corrected chi connectivity index (χ2v) is 9.45. The average Bonchev–Trinajstić information content (AvgIpc) is 3.03. The molecular formula is C28H30N4O4S. The van der Waals surface area contributed by atoms with Crippen molar-refractivity contribution in [1.82, 2.24) is 5.32 Å². The van der Waals surface area contributed by atoms with Crippen molar-refractivity contribution in [2.24, 2.45) is 16.6 Å². The highest BCUT2D eigenvalue weighted by Gasteiger charge is 2.52. The molecule has 2 aromatic carbocycles. The molecule has 0 saturated heterocycles. The zero-order valence-corrected chi connectivity index (χ0v) is 21.6. The first-order valence-electron chi connectivity index (χ1n) is 12.0. The molecule has 4 atom stereocenters. The van der Waals surface area contributed by atoms with Gasteiger partial charge in [-0.05, 0) is 25.6 Å². The predicted octanol–water partition coefficient (Wildman–Crippen LogP) is 2.59. The molecule has 0 bridgehead atoms. The summed E-state index contributed by atoms with van der Waals surface area (Å²) in [5, 5.41) is 13.0. The maximum absolute atomic E-state index is 14.5. The number of para-hydroxylation sites is 1. The number of rotatable bonds is 8. The highest BCUT2D eigenvalue weighted by molar-refractivity contribution is 7.80. The minimum absolute atomic E-state index is 0.0478. The molecule has 2 aromatic rings. The van der Waals surface area contributed by atoms with Crippen molar-refractivity contribution in [2.45, 2.75) is 31.1 Å². The van der Waals surface area contributed by atoms with Gasteiger partial charge in [-0.15, -0.1) is 0 Å². The van der Waals surface area contributed by atoms with E-state index >= 15 is 0 Å². The Morgan fingerprint density at radius 3 is 2.51 bits per heavy atom. The summed E-state index contributed by atoms with van der Waals surface area (Å²) in [6.45, 7) is 1.84. The number of Topliss-reactive ketones (excluding diaryl/α,β-unsaturated/α-hetero) is 1. The monoisotopic (exact) mass is 518 g/mol. The summed E-state index contributed by atoms with van der Waals surface area (Å²) in [6.07, 6.45) is 5.16. The zero-order valence-electron chi connectivity index (χ0n) is 20.7. The van der Waals surface area contributed by atoms with Crippen LogP contribution >= 0.6 is 12.6 Å². The Labute approximate surface area is 221 Å². The number of thiol groups is 1.